The third-order valence-corrected chi connectivity index (χ3v) is 5.26. The van der Waals surface area contributed by atoms with Gasteiger partial charge in [0, 0.05) is 10.2 Å². The summed E-state index contributed by atoms with van der Waals surface area (Å²) in [5.74, 6) is 0. The third-order valence-electron chi connectivity index (χ3n) is 3.36. The Morgan fingerprint density at radius 1 is 1.22 bits per heavy atom. The molecular weight excluding hydrogens is 278 g/mol. The zero-order chi connectivity index (χ0) is 13.8. The van der Waals surface area contributed by atoms with Crippen LogP contribution >= 0.6 is 11.3 Å². The van der Waals surface area contributed by atoms with Gasteiger partial charge in [-0.05, 0) is 33.8 Å². The van der Waals surface area contributed by atoms with Gasteiger partial charge in [-0.25, -0.2) is 0 Å². The van der Waals surface area contributed by atoms with Crippen LogP contribution in [0.15, 0.2) is 16.3 Å². The van der Waals surface area contributed by atoms with E-state index in [0.717, 1.165) is 11.3 Å². The largest absolute Gasteiger partial charge is 0.505 e. The number of halogens is 1. The first-order valence-corrected chi connectivity index (χ1v) is 7.68. The minimum atomic E-state index is -4.67. The molecule has 8 heteroatoms. The summed E-state index contributed by atoms with van der Waals surface area (Å²) >= 11 is 1.11. The van der Waals surface area contributed by atoms with E-state index in [-0.39, 0.29) is 4.90 Å². The second-order valence-electron chi connectivity index (χ2n) is 5.21. The minimum Gasteiger partial charge on any atom is -0.399 e. The van der Waals surface area contributed by atoms with Gasteiger partial charge in [0.25, 0.3) is 0 Å². The first-order chi connectivity index (χ1) is 8.03. The SMILES string of the molecule is CC1(C)OB(c2cc(S(=O)(=O)F)cs2)OC1(C)C. The number of hydrogen-bond acceptors (Lipinski definition) is 5. The van der Waals surface area contributed by atoms with E-state index in [2.05, 4.69) is 0 Å². The highest BCUT2D eigenvalue weighted by molar-refractivity contribution is 7.86. The summed E-state index contributed by atoms with van der Waals surface area (Å²) in [6.45, 7) is 7.58. The first-order valence-electron chi connectivity index (χ1n) is 5.42. The van der Waals surface area contributed by atoms with Crippen molar-refractivity contribution >= 4 is 33.5 Å². The number of thiophene rings is 1. The van der Waals surface area contributed by atoms with Gasteiger partial charge < -0.3 is 9.31 Å². The van der Waals surface area contributed by atoms with Gasteiger partial charge in [0.1, 0.15) is 4.90 Å². The predicted octanol–water partition coefficient (Wildman–Crippen LogP) is 1.71. The van der Waals surface area contributed by atoms with Crippen molar-refractivity contribution in [2.45, 2.75) is 43.8 Å². The van der Waals surface area contributed by atoms with Crippen molar-refractivity contribution in [3.63, 3.8) is 0 Å². The summed E-state index contributed by atoms with van der Waals surface area (Å²) < 4.78 is 46.4. The van der Waals surface area contributed by atoms with E-state index < -0.39 is 28.5 Å². The lowest BCUT2D eigenvalue weighted by atomic mass is 9.88. The van der Waals surface area contributed by atoms with Crippen molar-refractivity contribution in [1.82, 2.24) is 0 Å². The second kappa shape index (κ2) is 4.03. The van der Waals surface area contributed by atoms with E-state index in [9.17, 15) is 12.3 Å². The number of rotatable bonds is 2. The molecule has 100 valence electrons. The van der Waals surface area contributed by atoms with E-state index in [4.69, 9.17) is 9.31 Å². The van der Waals surface area contributed by atoms with Gasteiger partial charge in [-0.1, -0.05) is 0 Å². The summed E-state index contributed by atoms with van der Waals surface area (Å²) in [4.78, 5) is -0.350. The maximum absolute atomic E-state index is 12.8. The quantitative estimate of drug-likeness (QED) is 0.615. The van der Waals surface area contributed by atoms with Gasteiger partial charge in [-0.15, -0.1) is 3.89 Å². The van der Waals surface area contributed by atoms with Crippen molar-refractivity contribution in [3.8, 4) is 0 Å². The summed E-state index contributed by atoms with van der Waals surface area (Å²) in [6, 6.07) is 1.25. The molecule has 1 saturated heterocycles. The molecule has 0 aromatic carbocycles. The lowest BCUT2D eigenvalue weighted by Gasteiger charge is -2.32. The van der Waals surface area contributed by atoms with Crippen LogP contribution < -0.4 is 4.78 Å². The van der Waals surface area contributed by atoms with E-state index in [1.165, 1.54) is 11.4 Å². The van der Waals surface area contributed by atoms with Crippen LogP contribution in [0.1, 0.15) is 27.7 Å². The van der Waals surface area contributed by atoms with Crippen LogP contribution in [0.25, 0.3) is 0 Å². The van der Waals surface area contributed by atoms with E-state index in [0.29, 0.717) is 4.78 Å². The first kappa shape index (κ1) is 14.0. The predicted molar refractivity (Wildman–Crippen MR) is 68.3 cm³/mol. The Bertz CT molecular complexity index is 548. The van der Waals surface area contributed by atoms with Gasteiger partial charge >= 0.3 is 17.3 Å². The molecule has 18 heavy (non-hydrogen) atoms. The fourth-order valence-corrected chi connectivity index (χ4v) is 3.21. The standard InChI is InChI=1S/C10H14BFO4S2/c1-9(2)10(3,4)16-11(15-9)8-5-7(6-17-8)18(12,13)14/h5-6H,1-4H3. The molecule has 2 heterocycles. The molecule has 0 radical (unpaired) electrons. The summed E-state index contributed by atoms with van der Waals surface area (Å²) in [5.41, 5.74) is -1.01. The molecule has 0 N–H and O–H groups in total. The van der Waals surface area contributed by atoms with Crippen molar-refractivity contribution in [3.05, 3.63) is 11.4 Å². The van der Waals surface area contributed by atoms with Gasteiger partial charge in [-0.2, -0.15) is 19.8 Å². The van der Waals surface area contributed by atoms with Crippen LogP contribution in [0, 0.1) is 0 Å². The zero-order valence-electron chi connectivity index (χ0n) is 10.6. The van der Waals surface area contributed by atoms with Crippen molar-refractivity contribution < 1.29 is 21.6 Å². The minimum absolute atomic E-state index is 0.350. The van der Waals surface area contributed by atoms with Gasteiger partial charge in [0.05, 0.1) is 11.2 Å². The van der Waals surface area contributed by atoms with Crippen molar-refractivity contribution in [1.29, 1.82) is 0 Å². The summed E-state index contributed by atoms with van der Waals surface area (Å²) in [6.07, 6.45) is 0. The molecule has 1 fully saturated rings. The Balaban J connectivity index is 2.28. The molecule has 1 aliphatic heterocycles. The molecular formula is C10H14BFO4S2. The lowest BCUT2D eigenvalue weighted by Crippen LogP contribution is -2.41. The average Bonchev–Trinajstić information content (AvgIpc) is 2.69. The summed E-state index contributed by atoms with van der Waals surface area (Å²) in [5, 5.41) is 1.25. The van der Waals surface area contributed by atoms with E-state index in [1.54, 1.807) is 0 Å². The highest BCUT2D eigenvalue weighted by Gasteiger charge is 2.52. The molecule has 0 amide bonds. The molecule has 1 aliphatic rings. The van der Waals surface area contributed by atoms with E-state index >= 15 is 0 Å². The van der Waals surface area contributed by atoms with Gasteiger partial charge in [0.2, 0.25) is 0 Å². The Morgan fingerprint density at radius 2 is 1.72 bits per heavy atom. The van der Waals surface area contributed by atoms with E-state index in [1.807, 2.05) is 27.7 Å². The van der Waals surface area contributed by atoms with Crippen LogP contribution in [-0.4, -0.2) is 26.7 Å². The molecule has 1 aromatic rings. The Kier molecular flexibility index (Phi) is 3.13. The van der Waals surface area contributed by atoms with Crippen molar-refractivity contribution in [2.75, 3.05) is 0 Å². The topological polar surface area (TPSA) is 52.6 Å². The fourth-order valence-electron chi connectivity index (χ4n) is 1.55. The van der Waals surface area contributed by atoms with Gasteiger partial charge in [-0.3, -0.25) is 0 Å². The van der Waals surface area contributed by atoms with Crippen LogP contribution in [0.4, 0.5) is 3.89 Å². The fraction of sp³-hybridized carbons (Fsp3) is 0.600. The Hall–Kier alpha value is -0.435. The highest BCUT2D eigenvalue weighted by atomic mass is 32.3. The summed E-state index contributed by atoms with van der Waals surface area (Å²) in [7, 11) is -5.33. The molecule has 2 rings (SSSR count). The van der Waals surface area contributed by atoms with Crippen LogP contribution in [0.2, 0.25) is 0 Å². The Morgan fingerprint density at radius 3 is 2.11 bits per heavy atom. The molecule has 0 atom stereocenters. The molecule has 0 saturated carbocycles. The normalized spacial score (nSPS) is 22.4. The molecule has 4 nitrogen and oxygen atoms in total. The number of hydrogen-bond donors (Lipinski definition) is 0. The van der Waals surface area contributed by atoms with Crippen molar-refractivity contribution in [2.24, 2.45) is 0 Å². The average molecular weight is 292 g/mol. The Labute approximate surface area is 110 Å². The smallest absolute Gasteiger partial charge is 0.399 e. The zero-order valence-corrected chi connectivity index (χ0v) is 12.2. The molecule has 0 spiro atoms. The maximum atomic E-state index is 12.8. The third kappa shape index (κ3) is 2.34. The highest BCUT2D eigenvalue weighted by Crippen LogP contribution is 2.37. The van der Waals surface area contributed by atoms with Gasteiger partial charge in [0.15, 0.2) is 0 Å². The van der Waals surface area contributed by atoms with Crippen LogP contribution in [0.5, 0.6) is 0 Å². The molecule has 0 bridgehead atoms. The maximum Gasteiger partial charge on any atom is 0.505 e. The molecule has 1 aromatic heterocycles. The van der Waals surface area contributed by atoms with Crippen LogP contribution in [-0.2, 0) is 19.5 Å². The monoisotopic (exact) mass is 292 g/mol. The van der Waals surface area contributed by atoms with Crippen LogP contribution in [0.3, 0.4) is 0 Å². The molecule has 0 unspecified atom stereocenters. The molecule has 0 aliphatic carbocycles. The lowest BCUT2D eigenvalue weighted by molar-refractivity contribution is 0.00578. The second-order valence-corrected chi connectivity index (χ2v) is 7.50.